The predicted molar refractivity (Wildman–Crippen MR) is 150 cm³/mol. The van der Waals surface area contributed by atoms with Crippen molar-refractivity contribution in [1.82, 2.24) is 5.32 Å². The fraction of sp³-hybridized carbons (Fsp3) is 0.333. The number of benzene rings is 3. The molecule has 9 heteroatoms. The van der Waals surface area contributed by atoms with Gasteiger partial charge in [-0.05, 0) is 41.8 Å². The first-order chi connectivity index (χ1) is 19.1. The molecule has 1 amide bonds. The van der Waals surface area contributed by atoms with Crippen LogP contribution in [0.1, 0.15) is 49.0 Å². The summed E-state index contributed by atoms with van der Waals surface area (Å²) in [5.41, 5.74) is 10.5. The number of nitrogens with zero attached hydrogens (tertiary/aromatic N) is 4. The summed E-state index contributed by atoms with van der Waals surface area (Å²) in [6.45, 7) is 3.05. The zero-order valence-electron chi connectivity index (χ0n) is 22.0. The summed E-state index contributed by atoms with van der Waals surface area (Å²) in [4.78, 5) is 22.0. The smallest absolute Gasteiger partial charge is 0.252 e. The van der Waals surface area contributed by atoms with Crippen molar-refractivity contribution in [3.63, 3.8) is 0 Å². The second-order valence-corrected chi connectivity index (χ2v) is 9.31. The first-order valence-corrected chi connectivity index (χ1v) is 13.2. The highest BCUT2D eigenvalue weighted by Gasteiger charge is 2.53. The number of aliphatic hydroxyl groups excluding tert-OH is 1. The molecule has 1 heterocycles. The monoisotopic (exact) mass is 527 g/mol. The lowest BCUT2D eigenvalue weighted by atomic mass is 9.81. The van der Waals surface area contributed by atoms with E-state index in [1.165, 1.54) is 0 Å². The fourth-order valence-electron chi connectivity index (χ4n) is 4.55. The van der Waals surface area contributed by atoms with E-state index < -0.39 is 11.6 Å². The van der Waals surface area contributed by atoms with Crippen LogP contribution in [0.25, 0.3) is 10.4 Å². The van der Waals surface area contributed by atoms with E-state index in [4.69, 9.17) is 19.6 Å². The highest BCUT2D eigenvalue weighted by atomic mass is 16.5. The topological polar surface area (TPSA) is 129 Å². The molecule has 0 unspecified atom stereocenters. The Kier molecular flexibility index (Phi) is 9.56. The number of amides is 1. The van der Waals surface area contributed by atoms with E-state index in [9.17, 15) is 10.3 Å². The number of aliphatic imine (C=N–C) groups is 1. The van der Waals surface area contributed by atoms with E-state index in [2.05, 4.69) is 22.3 Å². The van der Waals surface area contributed by atoms with E-state index in [1.807, 2.05) is 54.6 Å². The van der Waals surface area contributed by atoms with Crippen LogP contribution in [0.2, 0.25) is 0 Å². The third kappa shape index (κ3) is 6.57. The number of carbonyl (C=O) groups is 1. The number of rotatable bonds is 13. The quantitative estimate of drug-likeness (QED) is 0.126. The lowest BCUT2D eigenvalue weighted by Gasteiger charge is -2.31. The molecule has 1 aliphatic heterocycles. The molecule has 4 rings (SSSR count). The molecule has 9 nitrogen and oxygen atoms in total. The van der Waals surface area contributed by atoms with Crippen molar-refractivity contribution >= 4 is 17.5 Å². The fourth-order valence-corrected chi connectivity index (χ4v) is 4.55. The molecule has 2 N–H and O–H groups in total. The molecule has 0 aliphatic carbocycles. The van der Waals surface area contributed by atoms with Gasteiger partial charge in [-0.1, -0.05) is 73.1 Å². The minimum absolute atomic E-state index is 0.0608. The number of hydrogen-bond acceptors (Lipinski definition) is 6. The predicted octanol–water partition coefficient (Wildman–Crippen LogP) is 5.81. The normalized spacial score (nSPS) is 18.0. The van der Waals surface area contributed by atoms with Crippen molar-refractivity contribution in [1.29, 1.82) is 0 Å². The molecule has 202 valence electrons. The van der Waals surface area contributed by atoms with Gasteiger partial charge in [0.2, 0.25) is 5.90 Å². The average Bonchev–Trinajstić information content (AvgIpc) is 3.35. The maximum Gasteiger partial charge on any atom is 0.252 e. The molecular formula is C30H33N5O4. The molecule has 0 saturated heterocycles. The largest absolute Gasteiger partial charge is 0.494 e. The Labute approximate surface area is 228 Å². The second kappa shape index (κ2) is 13.5. The number of nitrogens with one attached hydrogen (secondary N) is 1. The van der Waals surface area contributed by atoms with Crippen LogP contribution in [0.4, 0.5) is 5.69 Å². The first-order valence-electron chi connectivity index (χ1n) is 13.2. The van der Waals surface area contributed by atoms with Crippen LogP contribution in [0, 0.1) is 0 Å². The zero-order valence-corrected chi connectivity index (χ0v) is 22.0. The Morgan fingerprint density at radius 3 is 2.56 bits per heavy atom. The van der Waals surface area contributed by atoms with Crippen molar-refractivity contribution in [2.45, 2.75) is 44.2 Å². The highest BCUT2D eigenvalue weighted by molar-refractivity contribution is 6.01. The van der Waals surface area contributed by atoms with Crippen molar-refractivity contribution in [3.8, 4) is 5.75 Å². The summed E-state index contributed by atoms with van der Waals surface area (Å²) in [6.07, 6.45) is 1.76. The van der Waals surface area contributed by atoms with Gasteiger partial charge in [-0.3, -0.25) is 4.79 Å². The summed E-state index contributed by atoms with van der Waals surface area (Å²) >= 11 is 0. The van der Waals surface area contributed by atoms with Crippen LogP contribution < -0.4 is 10.1 Å². The number of aliphatic hydroxyl groups is 1. The second-order valence-electron chi connectivity index (χ2n) is 9.31. The Bertz CT molecular complexity index is 1320. The molecule has 0 spiro atoms. The maximum atomic E-state index is 14.0. The van der Waals surface area contributed by atoms with Crippen LogP contribution in [0.5, 0.6) is 5.75 Å². The van der Waals surface area contributed by atoms with Crippen molar-refractivity contribution in [2.75, 3.05) is 19.8 Å². The van der Waals surface area contributed by atoms with Crippen LogP contribution in [-0.2, 0) is 16.0 Å². The summed E-state index contributed by atoms with van der Waals surface area (Å²) < 4.78 is 12.2. The van der Waals surface area contributed by atoms with Crippen LogP contribution in [0.15, 0.2) is 89.0 Å². The van der Waals surface area contributed by atoms with E-state index in [1.54, 1.807) is 24.3 Å². The van der Waals surface area contributed by atoms with Gasteiger partial charge in [0.05, 0.1) is 6.61 Å². The third-order valence-electron chi connectivity index (χ3n) is 6.53. The summed E-state index contributed by atoms with van der Waals surface area (Å²) in [5, 5.41) is 16.0. The standard InChI is InChI=1S/C30H33N5O4/c1-2-3-18-32-29(37)30(21-22-10-5-4-6-11-22)27(25-12-7-8-13-26(25)34-35-31)39-28(33-30)23-14-16-24(17-15-23)38-20-9-19-36/h4-8,10-17,27,36H,2-3,9,18-21H2,1H3,(H,32,37)/t27-,30-/m1/s1. The van der Waals surface area contributed by atoms with Crippen molar-refractivity contribution < 1.29 is 19.4 Å². The lowest BCUT2D eigenvalue weighted by molar-refractivity contribution is -0.128. The molecule has 39 heavy (non-hydrogen) atoms. The number of ether oxygens (including phenoxy) is 2. The molecule has 0 aromatic heterocycles. The van der Waals surface area contributed by atoms with Gasteiger partial charge in [-0.25, -0.2) is 4.99 Å². The van der Waals surface area contributed by atoms with Crippen LogP contribution in [0.3, 0.4) is 0 Å². The Hall–Kier alpha value is -4.33. The average molecular weight is 528 g/mol. The van der Waals surface area contributed by atoms with Crippen LogP contribution >= 0.6 is 0 Å². The van der Waals surface area contributed by atoms with Gasteiger partial charge in [0.25, 0.3) is 5.91 Å². The number of carbonyl (C=O) groups excluding carboxylic acids is 1. The van der Waals surface area contributed by atoms with Crippen molar-refractivity contribution in [3.05, 3.63) is 106 Å². The maximum absolute atomic E-state index is 14.0. The Morgan fingerprint density at radius 1 is 1.10 bits per heavy atom. The minimum Gasteiger partial charge on any atom is -0.494 e. The number of unbranched alkanes of at least 4 members (excludes halogenated alkanes) is 1. The van der Waals surface area contributed by atoms with E-state index >= 15 is 0 Å². The molecule has 2 atom stereocenters. The molecule has 0 radical (unpaired) electrons. The Morgan fingerprint density at radius 2 is 1.85 bits per heavy atom. The molecule has 3 aromatic rings. The van der Waals surface area contributed by atoms with Gasteiger partial charge in [-0.2, -0.15) is 0 Å². The summed E-state index contributed by atoms with van der Waals surface area (Å²) in [5.74, 6) is 0.725. The van der Waals surface area contributed by atoms with Gasteiger partial charge >= 0.3 is 0 Å². The molecule has 0 saturated carbocycles. The van der Waals surface area contributed by atoms with E-state index in [0.29, 0.717) is 48.0 Å². The van der Waals surface area contributed by atoms with Gasteiger partial charge in [-0.15, -0.1) is 0 Å². The third-order valence-corrected chi connectivity index (χ3v) is 6.53. The molecular weight excluding hydrogens is 494 g/mol. The summed E-state index contributed by atoms with van der Waals surface area (Å²) in [7, 11) is 0. The molecule has 0 fully saturated rings. The van der Waals surface area contributed by atoms with Gasteiger partial charge in [0.15, 0.2) is 11.6 Å². The van der Waals surface area contributed by atoms with E-state index in [0.717, 1.165) is 18.4 Å². The van der Waals surface area contributed by atoms with Crippen molar-refractivity contribution in [2.24, 2.45) is 10.1 Å². The van der Waals surface area contributed by atoms with Gasteiger partial charge < -0.3 is 19.9 Å². The Balaban J connectivity index is 1.80. The number of hydrogen-bond donors (Lipinski definition) is 2. The molecule has 3 aromatic carbocycles. The van der Waals surface area contributed by atoms with E-state index in [-0.39, 0.29) is 18.9 Å². The number of azide groups is 1. The lowest BCUT2D eigenvalue weighted by Crippen LogP contribution is -2.50. The first kappa shape index (κ1) is 27.7. The molecule has 1 aliphatic rings. The minimum atomic E-state index is -1.35. The molecule has 0 bridgehead atoms. The zero-order chi connectivity index (χ0) is 27.5. The van der Waals surface area contributed by atoms with Gasteiger partial charge in [0.1, 0.15) is 5.75 Å². The van der Waals surface area contributed by atoms with Gasteiger partial charge in [0, 0.05) is 47.7 Å². The van der Waals surface area contributed by atoms with Crippen LogP contribution in [-0.4, -0.2) is 42.2 Å². The highest BCUT2D eigenvalue weighted by Crippen LogP contribution is 2.45. The SMILES string of the molecule is CCCCNC(=O)[C@]1(Cc2ccccc2)N=C(c2ccc(OCCCO)cc2)O[C@@H]1c1ccccc1N=[N+]=[N-]. The summed E-state index contributed by atoms with van der Waals surface area (Å²) in [6, 6.07) is 24.1.